The van der Waals surface area contributed by atoms with E-state index in [1.165, 1.54) is 0 Å². The van der Waals surface area contributed by atoms with Crippen molar-refractivity contribution in [3.63, 3.8) is 0 Å². The van der Waals surface area contributed by atoms with Gasteiger partial charge >= 0.3 is 0 Å². The van der Waals surface area contributed by atoms with E-state index in [0.717, 1.165) is 11.8 Å². The van der Waals surface area contributed by atoms with Crippen molar-refractivity contribution in [2.45, 2.75) is 6.92 Å². The van der Waals surface area contributed by atoms with Gasteiger partial charge in [-0.15, -0.1) is 0 Å². The lowest BCUT2D eigenvalue weighted by Crippen LogP contribution is -1.91. The summed E-state index contributed by atoms with van der Waals surface area (Å²) in [6.45, 7) is 1.70. The van der Waals surface area contributed by atoms with Crippen molar-refractivity contribution in [1.29, 1.82) is 0 Å². The minimum Gasteiger partial charge on any atom is -0.384 e. The van der Waals surface area contributed by atoms with E-state index in [-0.39, 0.29) is 6.61 Å². The lowest BCUT2D eigenvalue weighted by Gasteiger charge is -1.99. The Balaban J connectivity index is 3.22. The molecule has 0 radical (unpaired) electrons. The Morgan fingerprint density at radius 1 is 1.54 bits per heavy atom. The average molecular weight is 174 g/mol. The third-order valence-corrected chi connectivity index (χ3v) is 1.72. The first-order chi connectivity index (χ1) is 6.29. The van der Waals surface area contributed by atoms with Gasteiger partial charge in [0.05, 0.1) is 0 Å². The SMILES string of the molecule is Cc1cccc(C=O)c1C#CCO. The Bertz CT molecular complexity index is 369. The quantitative estimate of drug-likeness (QED) is 0.512. The van der Waals surface area contributed by atoms with Gasteiger partial charge in [0.1, 0.15) is 6.61 Å². The number of rotatable bonds is 1. The van der Waals surface area contributed by atoms with E-state index in [1.807, 2.05) is 19.1 Å². The van der Waals surface area contributed by atoms with Crippen molar-refractivity contribution >= 4 is 6.29 Å². The van der Waals surface area contributed by atoms with Gasteiger partial charge in [-0.25, -0.2) is 0 Å². The van der Waals surface area contributed by atoms with Crippen LogP contribution in [-0.2, 0) is 0 Å². The highest BCUT2D eigenvalue weighted by Crippen LogP contribution is 2.10. The summed E-state index contributed by atoms with van der Waals surface area (Å²) < 4.78 is 0. The van der Waals surface area contributed by atoms with Crippen LogP contribution in [0.4, 0.5) is 0 Å². The molecule has 0 spiro atoms. The second-order valence-electron chi connectivity index (χ2n) is 2.62. The van der Waals surface area contributed by atoms with E-state index in [2.05, 4.69) is 11.8 Å². The topological polar surface area (TPSA) is 37.3 Å². The van der Waals surface area contributed by atoms with Crippen LogP contribution in [0.3, 0.4) is 0 Å². The number of benzene rings is 1. The Hall–Kier alpha value is -1.59. The smallest absolute Gasteiger partial charge is 0.151 e. The summed E-state index contributed by atoms with van der Waals surface area (Å²) in [5.41, 5.74) is 2.22. The van der Waals surface area contributed by atoms with Crippen LogP contribution in [0.25, 0.3) is 0 Å². The molecule has 0 heterocycles. The zero-order valence-corrected chi connectivity index (χ0v) is 7.37. The van der Waals surface area contributed by atoms with Crippen molar-refractivity contribution in [3.8, 4) is 11.8 Å². The number of hydrogen-bond acceptors (Lipinski definition) is 2. The third-order valence-electron chi connectivity index (χ3n) is 1.72. The monoisotopic (exact) mass is 174 g/mol. The van der Waals surface area contributed by atoms with Gasteiger partial charge in [-0.2, -0.15) is 0 Å². The second kappa shape index (κ2) is 4.44. The molecule has 0 aromatic heterocycles. The molecule has 1 rings (SSSR count). The molecule has 1 N–H and O–H groups in total. The largest absolute Gasteiger partial charge is 0.384 e. The van der Waals surface area contributed by atoms with Gasteiger partial charge in [-0.1, -0.05) is 30.0 Å². The molecule has 1 aromatic rings. The Labute approximate surface area is 77.2 Å². The van der Waals surface area contributed by atoms with Crippen LogP contribution >= 0.6 is 0 Å². The first kappa shape index (κ1) is 9.50. The summed E-state index contributed by atoms with van der Waals surface area (Å²) in [5, 5.41) is 8.52. The summed E-state index contributed by atoms with van der Waals surface area (Å²) in [7, 11) is 0. The van der Waals surface area contributed by atoms with E-state index in [0.29, 0.717) is 11.1 Å². The Morgan fingerprint density at radius 3 is 2.92 bits per heavy atom. The molecule has 0 amide bonds. The number of aldehydes is 1. The van der Waals surface area contributed by atoms with Crippen LogP contribution in [0.15, 0.2) is 18.2 Å². The molecule has 0 aliphatic heterocycles. The molecular formula is C11H10O2. The molecule has 0 saturated heterocycles. The Morgan fingerprint density at radius 2 is 2.31 bits per heavy atom. The average Bonchev–Trinajstić information content (AvgIpc) is 2.15. The van der Waals surface area contributed by atoms with Gasteiger partial charge in [-0.3, -0.25) is 4.79 Å². The van der Waals surface area contributed by atoms with E-state index >= 15 is 0 Å². The van der Waals surface area contributed by atoms with Crippen LogP contribution in [0, 0.1) is 18.8 Å². The predicted octanol–water partition coefficient (Wildman–Crippen LogP) is 1.15. The second-order valence-corrected chi connectivity index (χ2v) is 2.62. The van der Waals surface area contributed by atoms with Gasteiger partial charge < -0.3 is 5.11 Å². The van der Waals surface area contributed by atoms with E-state index in [4.69, 9.17) is 5.11 Å². The molecule has 0 aliphatic rings. The minimum atomic E-state index is -0.188. The third kappa shape index (κ3) is 2.17. The fourth-order valence-corrected chi connectivity index (χ4v) is 1.09. The lowest BCUT2D eigenvalue weighted by atomic mass is 10.0. The first-order valence-corrected chi connectivity index (χ1v) is 3.94. The fourth-order valence-electron chi connectivity index (χ4n) is 1.09. The summed E-state index contributed by atoms with van der Waals surface area (Å²) in [4.78, 5) is 10.6. The standard InChI is InChI=1S/C11H10O2/c1-9-4-2-5-10(8-13)11(9)6-3-7-12/h2,4-5,8,12H,7H2,1H3. The fraction of sp³-hybridized carbons (Fsp3) is 0.182. The normalized spacial score (nSPS) is 8.77. The molecule has 2 heteroatoms. The van der Waals surface area contributed by atoms with Crippen LogP contribution in [0.2, 0.25) is 0 Å². The molecule has 1 aromatic carbocycles. The van der Waals surface area contributed by atoms with E-state index in [1.54, 1.807) is 6.07 Å². The zero-order valence-electron chi connectivity index (χ0n) is 7.37. The molecule has 0 aliphatic carbocycles. The van der Waals surface area contributed by atoms with Crippen molar-refractivity contribution < 1.29 is 9.90 Å². The number of carbonyl (C=O) groups excluding carboxylic acids is 1. The van der Waals surface area contributed by atoms with E-state index < -0.39 is 0 Å². The maximum Gasteiger partial charge on any atom is 0.151 e. The Kier molecular flexibility index (Phi) is 3.24. The van der Waals surface area contributed by atoms with Crippen LogP contribution in [0.5, 0.6) is 0 Å². The van der Waals surface area contributed by atoms with Gasteiger partial charge in [0.25, 0.3) is 0 Å². The molecule has 0 bridgehead atoms. The molecule has 0 saturated carbocycles. The van der Waals surface area contributed by atoms with Gasteiger partial charge in [-0.05, 0) is 12.5 Å². The van der Waals surface area contributed by atoms with Crippen molar-refractivity contribution in [3.05, 3.63) is 34.9 Å². The van der Waals surface area contributed by atoms with Crippen LogP contribution < -0.4 is 0 Å². The molecule has 0 atom stereocenters. The molecular weight excluding hydrogens is 164 g/mol. The number of carbonyl (C=O) groups is 1. The molecule has 0 unspecified atom stereocenters. The number of aliphatic hydroxyl groups is 1. The van der Waals surface area contributed by atoms with Crippen molar-refractivity contribution in [2.24, 2.45) is 0 Å². The van der Waals surface area contributed by atoms with Gasteiger partial charge in [0, 0.05) is 11.1 Å². The number of hydrogen-bond donors (Lipinski definition) is 1. The molecule has 13 heavy (non-hydrogen) atoms. The van der Waals surface area contributed by atoms with Crippen LogP contribution in [-0.4, -0.2) is 18.0 Å². The molecule has 66 valence electrons. The summed E-state index contributed by atoms with van der Waals surface area (Å²) >= 11 is 0. The maximum absolute atomic E-state index is 10.6. The molecule has 0 fully saturated rings. The highest BCUT2D eigenvalue weighted by Gasteiger charge is 2.00. The highest BCUT2D eigenvalue weighted by molar-refractivity contribution is 5.80. The summed E-state index contributed by atoms with van der Waals surface area (Å²) in [6.07, 6.45) is 0.772. The lowest BCUT2D eigenvalue weighted by molar-refractivity contribution is 0.112. The van der Waals surface area contributed by atoms with Crippen molar-refractivity contribution in [1.82, 2.24) is 0 Å². The van der Waals surface area contributed by atoms with Crippen LogP contribution in [0.1, 0.15) is 21.5 Å². The van der Waals surface area contributed by atoms with Gasteiger partial charge in [0.15, 0.2) is 6.29 Å². The first-order valence-electron chi connectivity index (χ1n) is 3.94. The van der Waals surface area contributed by atoms with E-state index in [9.17, 15) is 4.79 Å². The predicted molar refractivity (Wildman–Crippen MR) is 50.5 cm³/mol. The minimum absolute atomic E-state index is 0.188. The molecule has 2 nitrogen and oxygen atoms in total. The number of aryl methyl sites for hydroxylation is 1. The highest BCUT2D eigenvalue weighted by atomic mass is 16.2. The maximum atomic E-state index is 10.6. The summed E-state index contributed by atoms with van der Waals surface area (Å²) in [6, 6.07) is 5.40. The number of aliphatic hydroxyl groups excluding tert-OH is 1. The summed E-state index contributed by atoms with van der Waals surface area (Å²) in [5.74, 6) is 5.28. The van der Waals surface area contributed by atoms with Crippen molar-refractivity contribution in [2.75, 3.05) is 6.61 Å². The van der Waals surface area contributed by atoms with Gasteiger partial charge in [0.2, 0.25) is 0 Å². The zero-order chi connectivity index (χ0) is 9.68.